The molecule has 0 spiro atoms. The molecule has 1 aliphatic heterocycles. The fraction of sp³-hybridized carbons (Fsp3) is 0.562. The summed E-state index contributed by atoms with van der Waals surface area (Å²) >= 11 is 0. The highest BCUT2D eigenvalue weighted by molar-refractivity contribution is 6.40. The summed E-state index contributed by atoms with van der Waals surface area (Å²) in [6.07, 6.45) is 1.97. The number of aromatic nitrogens is 4. The Kier molecular flexibility index (Phi) is 7.09. The van der Waals surface area contributed by atoms with Gasteiger partial charge in [0.15, 0.2) is 11.5 Å². The topological polar surface area (TPSA) is 166 Å². The van der Waals surface area contributed by atoms with Crippen LogP contribution in [0.2, 0.25) is 6.32 Å². The van der Waals surface area contributed by atoms with Gasteiger partial charge in [0.1, 0.15) is 0 Å². The van der Waals surface area contributed by atoms with Crippen LogP contribution in [-0.2, 0) is 4.74 Å². The first kappa shape index (κ1) is 21.1. The molecule has 0 radical (unpaired) electrons. The number of anilines is 1. The van der Waals surface area contributed by atoms with Gasteiger partial charge in [0.2, 0.25) is 0 Å². The molecule has 13 heteroatoms. The Hall–Kier alpha value is -2.61. The number of nitro groups is 1. The van der Waals surface area contributed by atoms with Crippen molar-refractivity contribution in [3.05, 3.63) is 34.1 Å². The molecule has 1 aliphatic rings. The van der Waals surface area contributed by atoms with Crippen LogP contribution >= 0.6 is 0 Å². The van der Waals surface area contributed by atoms with E-state index in [0.717, 1.165) is 0 Å². The smallest absolute Gasteiger partial charge is 0.427 e. The lowest BCUT2D eigenvalue weighted by atomic mass is 9.83. The van der Waals surface area contributed by atoms with E-state index in [2.05, 4.69) is 15.5 Å². The van der Waals surface area contributed by atoms with Crippen molar-refractivity contribution >= 4 is 18.5 Å². The number of benzene rings is 1. The van der Waals surface area contributed by atoms with Crippen LogP contribution in [0.4, 0.5) is 11.4 Å². The minimum atomic E-state index is -1.35. The first-order valence-electron chi connectivity index (χ1n) is 9.49. The zero-order chi connectivity index (χ0) is 20.8. The highest BCUT2D eigenvalue weighted by atomic mass is 16.6. The fourth-order valence-corrected chi connectivity index (χ4v) is 3.35. The van der Waals surface area contributed by atoms with E-state index in [9.17, 15) is 10.1 Å². The van der Waals surface area contributed by atoms with Gasteiger partial charge in [-0.2, -0.15) is 4.68 Å². The molecule has 1 fully saturated rings. The summed E-state index contributed by atoms with van der Waals surface area (Å²) in [6, 6.07) is 4.29. The van der Waals surface area contributed by atoms with Crippen molar-refractivity contribution in [3.8, 4) is 5.69 Å². The molecular formula is C16H24BN7O5. The molecule has 0 aliphatic carbocycles. The molecule has 1 aromatic carbocycles. The zero-order valence-corrected chi connectivity index (χ0v) is 15.9. The standard InChI is InChI=1S/C16H24BN7O5/c18-12(4-1-2-7-17(25)26)16-19-20-21-23(16)15-13(22-8-10-29-11-9-22)5-3-6-14(15)24(27)28/h3,5-6,12,25-26H,1-2,4,7-11,18H2. The Balaban J connectivity index is 1.92. The monoisotopic (exact) mass is 405 g/mol. The van der Waals surface area contributed by atoms with Crippen molar-refractivity contribution in [1.82, 2.24) is 20.2 Å². The van der Waals surface area contributed by atoms with Crippen LogP contribution in [0.1, 0.15) is 31.1 Å². The van der Waals surface area contributed by atoms with Crippen molar-refractivity contribution in [2.24, 2.45) is 5.73 Å². The van der Waals surface area contributed by atoms with Gasteiger partial charge in [0, 0.05) is 19.2 Å². The largest absolute Gasteiger partial charge is 0.451 e. The van der Waals surface area contributed by atoms with Crippen LogP contribution in [0, 0.1) is 10.1 Å². The quantitative estimate of drug-likeness (QED) is 0.225. The van der Waals surface area contributed by atoms with Gasteiger partial charge in [-0.15, -0.1) is 5.10 Å². The van der Waals surface area contributed by atoms with Gasteiger partial charge in [0.05, 0.1) is 29.9 Å². The number of nitro benzene ring substituents is 1. The van der Waals surface area contributed by atoms with E-state index >= 15 is 0 Å². The number of ether oxygens (including phenoxy) is 1. The van der Waals surface area contributed by atoms with Crippen molar-refractivity contribution in [1.29, 1.82) is 0 Å². The maximum absolute atomic E-state index is 11.7. The summed E-state index contributed by atoms with van der Waals surface area (Å²) in [6.45, 7) is 2.25. The molecule has 156 valence electrons. The number of nitrogens with two attached hydrogens (primary N) is 1. The van der Waals surface area contributed by atoms with E-state index in [1.807, 2.05) is 4.90 Å². The highest BCUT2D eigenvalue weighted by Gasteiger charge is 2.28. The number of para-hydroxylation sites is 1. The number of rotatable bonds is 9. The van der Waals surface area contributed by atoms with E-state index in [1.165, 1.54) is 10.7 Å². The molecule has 0 amide bonds. The van der Waals surface area contributed by atoms with Crippen LogP contribution in [-0.4, -0.2) is 68.6 Å². The highest BCUT2D eigenvalue weighted by Crippen LogP contribution is 2.34. The van der Waals surface area contributed by atoms with E-state index in [1.54, 1.807) is 12.1 Å². The summed E-state index contributed by atoms with van der Waals surface area (Å²) < 4.78 is 6.73. The summed E-state index contributed by atoms with van der Waals surface area (Å²) in [5.41, 5.74) is 7.07. The average molecular weight is 405 g/mol. The third-order valence-corrected chi connectivity index (χ3v) is 4.81. The summed E-state index contributed by atoms with van der Waals surface area (Å²) in [7, 11) is -1.35. The Morgan fingerprint density at radius 1 is 1.31 bits per heavy atom. The fourth-order valence-electron chi connectivity index (χ4n) is 3.35. The van der Waals surface area contributed by atoms with Gasteiger partial charge < -0.3 is 25.4 Å². The van der Waals surface area contributed by atoms with Crippen molar-refractivity contribution in [3.63, 3.8) is 0 Å². The Labute approximate surface area is 167 Å². The molecule has 3 rings (SSSR count). The Morgan fingerprint density at radius 3 is 2.76 bits per heavy atom. The van der Waals surface area contributed by atoms with Crippen LogP contribution in [0.25, 0.3) is 5.69 Å². The lowest BCUT2D eigenvalue weighted by Crippen LogP contribution is -2.37. The number of tetrazole rings is 1. The van der Waals surface area contributed by atoms with E-state index < -0.39 is 18.1 Å². The van der Waals surface area contributed by atoms with Gasteiger partial charge in [-0.3, -0.25) is 10.1 Å². The molecule has 1 aromatic heterocycles. The van der Waals surface area contributed by atoms with Crippen molar-refractivity contribution in [2.75, 3.05) is 31.2 Å². The number of unbranched alkanes of at least 4 members (excludes halogenated alkanes) is 1. The molecule has 1 unspecified atom stereocenters. The second-order valence-electron chi connectivity index (χ2n) is 6.82. The SMILES string of the molecule is NC(CCCCB(O)O)c1nnnn1-c1c(N2CCOCC2)cccc1[N+](=O)[O-]. The van der Waals surface area contributed by atoms with Crippen LogP contribution < -0.4 is 10.6 Å². The number of nitrogens with zero attached hydrogens (tertiary/aromatic N) is 6. The maximum Gasteiger partial charge on any atom is 0.451 e. The lowest BCUT2D eigenvalue weighted by Gasteiger charge is -2.30. The Morgan fingerprint density at radius 2 is 2.07 bits per heavy atom. The zero-order valence-electron chi connectivity index (χ0n) is 15.9. The number of hydrogen-bond donors (Lipinski definition) is 3. The van der Waals surface area contributed by atoms with Gasteiger partial charge in [-0.05, 0) is 29.2 Å². The normalized spacial score (nSPS) is 15.3. The second-order valence-corrected chi connectivity index (χ2v) is 6.82. The summed E-state index contributed by atoms with van der Waals surface area (Å²) in [5, 5.41) is 41.3. The number of morpholine rings is 1. The molecule has 1 saturated heterocycles. The predicted octanol–water partition coefficient (Wildman–Crippen LogP) is 0.0500. The summed E-state index contributed by atoms with van der Waals surface area (Å²) in [4.78, 5) is 13.3. The second kappa shape index (κ2) is 9.74. The third-order valence-electron chi connectivity index (χ3n) is 4.81. The molecule has 4 N–H and O–H groups in total. The van der Waals surface area contributed by atoms with Gasteiger partial charge in [-0.25, -0.2) is 0 Å². The molecule has 0 saturated carbocycles. The molecule has 29 heavy (non-hydrogen) atoms. The lowest BCUT2D eigenvalue weighted by molar-refractivity contribution is -0.384. The Bertz CT molecular complexity index is 828. The number of hydrogen-bond acceptors (Lipinski definition) is 10. The van der Waals surface area contributed by atoms with E-state index in [4.69, 9.17) is 20.5 Å². The van der Waals surface area contributed by atoms with E-state index in [-0.39, 0.29) is 17.7 Å². The predicted molar refractivity (Wildman–Crippen MR) is 105 cm³/mol. The third kappa shape index (κ3) is 5.06. The minimum absolute atomic E-state index is 0.113. The maximum atomic E-state index is 11.7. The average Bonchev–Trinajstić information content (AvgIpc) is 3.20. The molecule has 2 aromatic rings. The van der Waals surface area contributed by atoms with Gasteiger partial charge >= 0.3 is 7.12 Å². The van der Waals surface area contributed by atoms with Crippen LogP contribution in [0.15, 0.2) is 18.2 Å². The summed E-state index contributed by atoms with van der Waals surface area (Å²) in [5.74, 6) is 0.318. The minimum Gasteiger partial charge on any atom is -0.427 e. The molecular weight excluding hydrogens is 381 g/mol. The molecule has 2 heterocycles. The molecule has 1 atom stereocenters. The first-order valence-corrected chi connectivity index (χ1v) is 9.49. The van der Waals surface area contributed by atoms with E-state index in [0.29, 0.717) is 57.1 Å². The molecule has 12 nitrogen and oxygen atoms in total. The van der Waals surface area contributed by atoms with Gasteiger partial charge in [0.25, 0.3) is 5.69 Å². The van der Waals surface area contributed by atoms with Crippen LogP contribution in [0.3, 0.4) is 0 Å². The van der Waals surface area contributed by atoms with Gasteiger partial charge in [-0.1, -0.05) is 18.9 Å². The molecule has 0 bridgehead atoms. The van der Waals surface area contributed by atoms with Crippen LogP contribution in [0.5, 0.6) is 0 Å². The van der Waals surface area contributed by atoms with Crippen molar-refractivity contribution < 1.29 is 19.7 Å². The van der Waals surface area contributed by atoms with Crippen molar-refractivity contribution in [2.45, 2.75) is 31.6 Å². The first-order chi connectivity index (χ1) is 14.0.